The monoisotopic (exact) mass is 269 g/mol. The number of fused-ring (bicyclic) bond motifs is 1. The predicted octanol–water partition coefficient (Wildman–Crippen LogP) is 3.82. The van der Waals surface area contributed by atoms with Crippen molar-refractivity contribution in [2.45, 2.75) is 32.1 Å². The number of aromatic nitrogens is 2. The second-order valence-corrected chi connectivity index (χ2v) is 5.58. The molecule has 0 aliphatic heterocycles. The molecule has 92 valence electrons. The van der Waals surface area contributed by atoms with E-state index in [1.807, 2.05) is 0 Å². The molecule has 2 heterocycles. The van der Waals surface area contributed by atoms with Gasteiger partial charge in [-0.25, -0.2) is 9.97 Å². The highest BCUT2D eigenvalue weighted by Crippen LogP contribution is 2.28. The van der Waals surface area contributed by atoms with E-state index >= 15 is 0 Å². The number of aryl methyl sites for hydroxylation is 1. The van der Waals surface area contributed by atoms with Crippen molar-refractivity contribution in [3.63, 3.8) is 0 Å². The van der Waals surface area contributed by atoms with Gasteiger partial charge in [0.1, 0.15) is 12.1 Å². The molecule has 0 amide bonds. The summed E-state index contributed by atoms with van der Waals surface area (Å²) in [5.74, 6) is 0.898. The fraction of sp³-hybridized carbons (Fsp3) is 0.500. The summed E-state index contributed by atoms with van der Waals surface area (Å²) in [4.78, 5) is 8.57. The van der Waals surface area contributed by atoms with Gasteiger partial charge in [0, 0.05) is 6.54 Å². The molecule has 0 saturated heterocycles. The van der Waals surface area contributed by atoms with Crippen molar-refractivity contribution in [1.82, 2.24) is 9.97 Å². The number of halogens is 1. The van der Waals surface area contributed by atoms with Gasteiger partial charge in [0.25, 0.3) is 0 Å². The van der Waals surface area contributed by atoms with E-state index in [0.29, 0.717) is 0 Å². The minimum Gasteiger partial charge on any atom is -0.367 e. The van der Waals surface area contributed by atoms with Crippen LogP contribution in [-0.2, 0) is 0 Å². The maximum atomic E-state index is 6.18. The molecule has 1 unspecified atom stereocenters. The molecule has 0 aromatic carbocycles. The Hall–Kier alpha value is -0.870. The van der Waals surface area contributed by atoms with Gasteiger partial charge >= 0.3 is 0 Å². The van der Waals surface area contributed by atoms with E-state index in [9.17, 15) is 0 Å². The minimum absolute atomic E-state index is 0.158. The van der Waals surface area contributed by atoms with Crippen molar-refractivity contribution in [3.8, 4) is 0 Å². The van der Waals surface area contributed by atoms with Crippen LogP contribution in [0, 0.1) is 6.92 Å². The maximum Gasteiger partial charge on any atom is 0.147 e. The SMILES string of the molecule is CCCC(Cl)CNc1ncnc2c(C)csc12. The van der Waals surface area contributed by atoms with Gasteiger partial charge < -0.3 is 5.32 Å². The second-order valence-electron chi connectivity index (χ2n) is 4.09. The number of nitrogens with one attached hydrogen (secondary N) is 1. The summed E-state index contributed by atoms with van der Waals surface area (Å²) in [6.07, 6.45) is 3.73. The Morgan fingerprint density at radius 3 is 3.06 bits per heavy atom. The summed E-state index contributed by atoms with van der Waals surface area (Å²) >= 11 is 7.86. The van der Waals surface area contributed by atoms with Crippen molar-refractivity contribution in [1.29, 1.82) is 0 Å². The lowest BCUT2D eigenvalue weighted by molar-refractivity contribution is 0.751. The van der Waals surface area contributed by atoms with Crippen LogP contribution < -0.4 is 5.32 Å². The summed E-state index contributed by atoms with van der Waals surface area (Å²) in [6.45, 7) is 4.95. The summed E-state index contributed by atoms with van der Waals surface area (Å²) in [7, 11) is 0. The zero-order chi connectivity index (χ0) is 12.3. The Morgan fingerprint density at radius 2 is 2.29 bits per heavy atom. The lowest BCUT2D eigenvalue weighted by Gasteiger charge is -2.10. The summed E-state index contributed by atoms with van der Waals surface area (Å²) in [5.41, 5.74) is 2.24. The summed E-state index contributed by atoms with van der Waals surface area (Å²) in [6, 6.07) is 0. The number of alkyl halides is 1. The first-order valence-corrected chi connectivity index (χ1v) is 7.10. The van der Waals surface area contributed by atoms with Crippen molar-refractivity contribution in [2.75, 3.05) is 11.9 Å². The van der Waals surface area contributed by atoms with Gasteiger partial charge in [-0.3, -0.25) is 0 Å². The highest BCUT2D eigenvalue weighted by molar-refractivity contribution is 7.18. The largest absolute Gasteiger partial charge is 0.367 e. The molecular formula is C12H16ClN3S. The van der Waals surface area contributed by atoms with E-state index in [0.717, 1.165) is 35.4 Å². The number of rotatable bonds is 5. The van der Waals surface area contributed by atoms with E-state index in [1.54, 1.807) is 17.7 Å². The van der Waals surface area contributed by atoms with Crippen molar-refractivity contribution >= 4 is 39.0 Å². The lowest BCUT2D eigenvalue weighted by atomic mass is 10.2. The number of anilines is 1. The van der Waals surface area contributed by atoms with E-state index in [4.69, 9.17) is 11.6 Å². The van der Waals surface area contributed by atoms with E-state index in [-0.39, 0.29) is 5.38 Å². The normalized spacial score (nSPS) is 12.9. The quantitative estimate of drug-likeness (QED) is 0.839. The Balaban J connectivity index is 2.13. The molecule has 5 heteroatoms. The van der Waals surface area contributed by atoms with Crippen LogP contribution in [0.25, 0.3) is 10.2 Å². The van der Waals surface area contributed by atoms with Crippen LogP contribution in [0.1, 0.15) is 25.3 Å². The average Bonchev–Trinajstić information content (AvgIpc) is 2.70. The third kappa shape index (κ3) is 2.87. The second kappa shape index (κ2) is 5.65. The van der Waals surface area contributed by atoms with Crippen LogP contribution in [0.2, 0.25) is 0 Å². The molecule has 0 radical (unpaired) electrons. The number of hydrogen-bond donors (Lipinski definition) is 1. The first-order valence-electron chi connectivity index (χ1n) is 5.79. The molecule has 17 heavy (non-hydrogen) atoms. The average molecular weight is 270 g/mol. The van der Waals surface area contributed by atoms with Crippen LogP contribution in [0.5, 0.6) is 0 Å². The van der Waals surface area contributed by atoms with Crippen LogP contribution >= 0.6 is 22.9 Å². The Morgan fingerprint density at radius 1 is 1.47 bits per heavy atom. The van der Waals surface area contributed by atoms with Gasteiger partial charge in [-0.1, -0.05) is 13.3 Å². The van der Waals surface area contributed by atoms with E-state index in [1.165, 1.54) is 5.56 Å². The van der Waals surface area contributed by atoms with Gasteiger partial charge in [0.05, 0.1) is 15.6 Å². The molecular weight excluding hydrogens is 254 g/mol. The molecule has 2 aromatic rings. The molecule has 0 spiro atoms. The molecule has 0 saturated carbocycles. The fourth-order valence-electron chi connectivity index (χ4n) is 1.72. The van der Waals surface area contributed by atoms with E-state index in [2.05, 4.69) is 34.5 Å². The van der Waals surface area contributed by atoms with Crippen molar-refractivity contribution in [2.24, 2.45) is 0 Å². The number of thiophene rings is 1. The molecule has 0 aliphatic rings. The standard InChI is InChI=1S/C12H16ClN3S/c1-3-4-9(13)5-14-12-11-10(15-7-16-12)8(2)6-17-11/h6-7,9H,3-5H2,1-2H3,(H,14,15,16). The molecule has 2 aromatic heterocycles. The molecule has 0 aliphatic carbocycles. The van der Waals surface area contributed by atoms with Crippen LogP contribution in [0.4, 0.5) is 5.82 Å². The van der Waals surface area contributed by atoms with Crippen LogP contribution in [-0.4, -0.2) is 21.9 Å². The van der Waals surface area contributed by atoms with Crippen molar-refractivity contribution in [3.05, 3.63) is 17.3 Å². The molecule has 0 fully saturated rings. The first-order chi connectivity index (χ1) is 8.22. The zero-order valence-electron chi connectivity index (χ0n) is 10.0. The molecule has 1 N–H and O–H groups in total. The molecule has 1 atom stereocenters. The van der Waals surface area contributed by atoms with Gasteiger partial charge in [-0.05, 0) is 24.3 Å². The topological polar surface area (TPSA) is 37.8 Å². The van der Waals surface area contributed by atoms with Crippen molar-refractivity contribution < 1.29 is 0 Å². The predicted molar refractivity (Wildman–Crippen MR) is 75.2 cm³/mol. The molecule has 2 rings (SSSR count). The molecule has 3 nitrogen and oxygen atoms in total. The molecule has 0 bridgehead atoms. The third-order valence-corrected chi connectivity index (χ3v) is 4.09. The summed E-state index contributed by atoms with van der Waals surface area (Å²) < 4.78 is 1.12. The summed E-state index contributed by atoms with van der Waals surface area (Å²) in [5, 5.41) is 5.58. The maximum absolute atomic E-state index is 6.18. The van der Waals surface area contributed by atoms with Gasteiger partial charge in [0.15, 0.2) is 0 Å². The minimum atomic E-state index is 0.158. The highest BCUT2D eigenvalue weighted by Gasteiger charge is 2.09. The van der Waals surface area contributed by atoms with Gasteiger partial charge in [-0.15, -0.1) is 22.9 Å². The fourth-order valence-corrected chi connectivity index (χ4v) is 2.98. The van der Waals surface area contributed by atoms with Crippen LogP contribution in [0.3, 0.4) is 0 Å². The first kappa shape index (κ1) is 12.6. The number of hydrogen-bond acceptors (Lipinski definition) is 4. The third-order valence-electron chi connectivity index (χ3n) is 2.62. The van der Waals surface area contributed by atoms with Gasteiger partial charge in [0.2, 0.25) is 0 Å². The Bertz CT molecular complexity index is 497. The van der Waals surface area contributed by atoms with E-state index < -0.39 is 0 Å². The zero-order valence-corrected chi connectivity index (χ0v) is 11.6. The lowest BCUT2D eigenvalue weighted by Crippen LogP contribution is -2.14. The van der Waals surface area contributed by atoms with Crippen LogP contribution in [0.15, 0.2) is 11.7 Å². The van der Waals surface area contributed by atoms with Gasteiger partial charge in [-0.2, -0.15) is 0 Å². The number of nitrogens with zero attached hydrogens (tertiary/aromatic N) is 2. The highest BCUT2D eigenvalue weighted by atomic mass is 35.5. The Kier molecular flexibility index (Phi) is 4.18. The smallest absolute Gasteiger partial charge is 0.147 e. The Labute approximate surface area is 110 Å².